The van der Waals surface area contributed by atoms with Gasteiger partial charge in [0, 0.05) is 0 Å². The SMILES string of the molecule is COC(=O)C[C@H](F)c1ccccc1. The molecule has 0 aliphatic carbocycles. The number of esters is 1. The van der Waals surface area contributed by atoms with Crippen LogP contribution < -0.4 is 0 Å². The molecule has 1 rings (SSSR count). The third kappa shape index (κ3) is 2.86. The largest absolute Gasteiger partial charge is 0.469 e. The van der Waals surface area contributed by atoms with Crippen molar-refractivity contribution in [2.45, 2.75) is 12.6 Å². The van der Waals surface area contributed by atoms with Crippen LogP contribution in [0.1, 0.15) is 18.2 Å². The van der Waals surface area contributed by atoms with E-state index in [1.165, 1.54) is 7.11 Å². The zero-order valence-corrected chi connectivity index (χ0v) is 7.37. The first-order chi connectivity index (χ1) is 6.24. The Morgan fingerprint density at radius 3 is 2.62 bits per heavy atom. The summed E-state index contributed by atoms with van der Waals surface area (Å²) in [5, 5.41) is 0. The van der Waals surface area contributed by atoms with Crippen LogP contribution in [0.2, 0.25) is 0 Å². The van der Waals surface area contributed by atoms with Crippen molar-refractivity contribution in [1.29, 1.82) is 0 Å². The Labute approximate surface area is 76.3 Å². The maximum atomic E-state index is 13.3. The molecule has 13 heavy (non-hydrogen) atoms. The second-order valence-electron chi connectivity index (χ2n) is 2.66. The summed E-state index contributed by atoms with van der Waals surface area (Å²) in [5.74, 6) is -0.531. The standard InChI is InChI=1S/C10H11FO2/c1-13-10(12)7-9(11)8-5-3-2-4-6-8/h2-6,9H,7H2,1H3/t9-/m0/s1. The molecule has 0 saturated carbocycles. The fraction of sp³-hybridized carbons (Fsp3) is 0.300. The number of methoxy groups -OCH3 is 1. The molecular formula is C10H11FO2. The van der Waals surface area contributed by atoms with Crippen LogP contribution in [0.15, 0.2) is 30.3 Å². The van der Waals surface area contributed by atoms with Gasteiger partial charge in [-0.3, -0.25) is 4.79 Å². The van der Waals surface area contributed by atoms with Gasteiger partial charge in [-0.1, -0.05) is 30.3 Å². The maximum Gasteiger partial charge on any atom is 0.308 e. The molecule has 0 unspecified atom stereocenters. The highest BCUT2D eigenvalue weighted by molar-refractivity contribution is 5.70. The van der Waals surface area contributed by atoms with E-state index in [9.17, 15) is 9.18 Å². The van der Waals surface area contributed by atoms with Crippen molar-refractivity contribution in [3.05, 3.63) is 35.9 Å². The van der Waals surface area contributed by atoms with Gasteiger partial charge in [-0.2, -0.15) is 0 Å². The number of carbonyl (C=O) groups is 1. The predicted molar refractivity (Wildman–Crippen MR) is 46.9 cm³/mol. The van der Waals surface area contributed by atoms with Gasteiger partial charge in [0.25, 0.3) is 0 Å². The van der Waals surface area contributed by atoms with Crippen LogP contribution in [-0.2, 0) is 9.53 Å². The molecule has 0 N–H and O–H groups in total. The molecular weight excluding hydrogens is 171 g/mol. The van der Waals surface area contributed by atoms with E-state index in [2.05, 4.69) is 4.74 Å². The number of carbonyl (C=O) groups excluding carboxylic acids is 1. The molecule has 0 saturated heterocycles. The molecule has 1 aromatic rings. The van der Waals surface area contributed by atoms with Gasteiger partial charge in [0.2, 0.25) is 0 Å². The Hall–Kier alpha value is -1.38. The Morgan fingerprint density at radius 1 is 1.46 bits per heavy atom. The Kier molecular flexibility index (Phi) is 3.43. The molecule has 0 fully saturated rings. The maximum absolute atomic E-state index is 13.3. The number of hydrogen-bond donors (Lipinski definition) is 0. The van der Waals surface area contributed by atoms with E-state index in [1.54, 1.807) is 30.3 Å². The highest BCUT2D eigenvalue weighted by Gasteiger charge is 2.14. The predicted octanol–water partition coefficient (Wildman–Crippen LogP) is 2.26. The highest BCUT2D eigenvalue weighted by Crippen LogP contribution is 2.20. The van der Waals surface area contributed by atoms with Crippen LogP contribution in [-0.4, -0.2) is 13.1 Å². The van der Waals surface area contributed by atoms with Gasteiger partial charge in [0.1, 0.15) is 6.17 Å². The van der Waals surface area contributed by atoms with E-state index in [4.69, 9.17) is 0 Å². The van der Waals surface area contributed by atoms with Gasteiger partial charge >= 0.3 is 5.97 Å². The zero-order chi connectivity index (χ0) is 9.68. The summed E-state index contributed by atoms with van der Waals surface area (Å²) in [6, 6.07) is 8.56. The van der Waals surface area contributed by atoms with Gasteiger partial charge in [0.05, 0.1) is 13.5 Å². The lowest BCUT2D eigenvalue weighted by atomic mass is 10.1. The zero-order valence-electron chi connectivity index (χ0n) is 7.37. The summed E-state index contributed by atoms with van der Waals surface area (Å²) in [6.45, 7) is 0. The minimum absolute atomic E-state index is 0.222. The van der Waals surface area contributed by atoms with E-state index in [-0.39, 0.29) is 6.42 Å². The summed E-state index contributed by atoms with van der Waals surface area (Å²) in [7, 11) is 1.25. The van der Waals surface area contributed by atoms with E-state index >= 15 is 0 Å². The smallest absolute Gasteiger partial charge is 0.308 e. The number of hydrogen-bond acceptors (Lipinski definition) is 2. The molecule has 0 bridgehead atoms. The van der Waals surface area contributed by atoms with E-state index in [1.807, 2.05) is 0 Å². The number of benzene rings is 1. The van der Waals surface area contributed by atoms with Crippen LogP contribution in [0.3, 0.4) is 0 Å². The molecule has 0 amide bonds. The summed E-state index contributed by atoms with van der Waals surface area (Å²) in [6.07, 6.45) is -1.49. The van der Waals surface area contributed by atoms with Crippen LogP contribution in [0.4, 0.5) is 4.39 Å². The minimum Gasteiger partial charge on any atom is -0.469 e. The summed E-state index contributed by atoms with van der Waals surface area (Å²) in [4.78, 5) is 10.7. The Balaban J connectivity index is 2.59. The molecule has 0 aliphatic heterocycles. The first-order valence-electron chi connectivity index (χ1n) is 4.00. The molecule has 0 radical (unpaired) electrons. The van der Waals surface area contributed by atoms with E-state index in [0.29, 0.717) is 5.56 Å². The molecule has 1 atom stereocenters. The third-order valence-electron chi connectivity index (χ3n) is 1.73. The third-order valence-corrected chi connectivity index (χ3v) is 1.73. The molecule has 0 heterocycles. The van der Waals surface area contributed by atoms with Crippen molar-refractivity contribution in [3.63, 3.8) is 0 Å². The molecule has 1 aromatic carbocycles. The van der Waals surface area contributed by atoms with Crippen molar-refractivity contribution in [1.82, 2.24) is 0 Å². The topological polar surface area (TPSA) is 26.3 Å². The lowest BCUT2D eigenvalue weighted by Crippen LogP contribution is -2.04. The van der Waals surface area contributed by atoms with Gasteiger partial charge in [-0.25, -0.2) is 4.39 Å². The second kappa shape index (κ2) is 4.60. The molecule has 2 nitrogen and oxygen atoms in total. The van der Waals surface area contributed by atoms with Gasteiger partial charge in [0.15, 0.2) is 0 Å². The summed E-state index contributed by atoms with van der Waals surface area (Å²) < 4.78 is 17.6. The quantitative estimate of drug-likeness (QED) is 0.670. The lowest BCUT2D eigenvalue weighted by molar-refractivity contribution is -0.141. The van der Waals surface area contributed by atoms with Gasteiger partial charge < -0.3 is 4.74 Å². The number of ether oxygens (including phenoxy) is 1. The average Bonchev–Trinajstić information content (AvgIpc) is 2.19. The second-order valence-corrected chi connectivity index (χ2v) is 2.66. The van der Waals surface area contributed by atoms with E-state index in [0.717, 1.165) is 0 Å². The molecule has 0 aromatic heterocycles. The highest BCUT2D eigenvalue weighted by atomic mass is 19.1. The van der Waals surface area contributed by atoms with Gasteiger partial charge in [-0.15, -0.1) is 0 Å². The van der Waals surface area contributed by atoms with Crippen molar-refractivity contribution in [2.75, 3.05) is 7.11 Å². The fourth-order valence-corrected chi connectivity index (χ4v) is 1.01. The molecule has 3 heteroatoms. The molecule has 0 aliphatic rings. The van der Waals surface area contributed by atoms with Crippen LogP contribution >= 0.6 is 0 Å². The van der Waals surface area contributed by atoms with Crippen LogP contribution in [0.5, 0.6) is 0 Å². The Morgan fingerprint density at radius 2 is 2.08 bits per heavy atom. The summed E-state index contributed by atoms with van der Waals surface area (Å²) in [5.41, 5.74) is 0.507. The minimum atomic E-state index is -1.27. The first kappa shape index (κ1) is 9.71. The van der Waals surface area contributed by atoms with E-state index < -0.39 is 12.1 Å². The Bertz CT molecular complexity index is 272. The van der Waals surface area contributed by atoms with Crippen molar-refractivity contribution >= 4 is 5.97 Å². The van der Waals surface area contributed by atoms with Gasteiger partial charge in [-0.05, 0) is 5.56 Å². The normalized spacial score (nSPS) is 12.2. The van der Waals surface area contributed by atoms with Crippen molar-refractivity contribution in [2.24, 2.45) is 0 Å². The molecule has 0 spiro atoms. The van der Waals surface area contributed by atoms with Crippen molar-refractivity contribution < 1.29 is 13.9 Å². The average molecular weight is 182 g/mol. The van der Waals surface area contributed by atoms with Crippen LogP contribution in [0, 0.1) is 0 Å². The fourth-order valence-electron chi connectivity index (χ4n) is 1.01. The van der Waals surface area contributed by atoms with Crippen molar-refractivity contribution in [3.8, 4) is 0 Å². The molecule has 70 valence electrons. The number of alkyl halides is 1. The number of halogens is 1. The van der Waals surface area contributed by atoms with Crippen LogP contribution in [0.25, 0.3) is 0 Å². The number of rotatable bonds is 3. The first-order valence-corrected chi connectivity index (χ1v) is 4.00. The monoisotopic (exact) mass is 182 g/mol. The lowest BCUT2D eigenvalue weighted by Gasteiger charge is -2.05. The summed E-state index contributed by atoms with van der Waals surface area (Å²) >= 11 is 0.